The van der Waals surface area contributed by atoms with Crippen molar-refractivity contribution in [3.05, 3.63) is 24.0 Å². The van der Waals surface area contributed by atoms with Gasteiger partial charge in [0.05, 0.1) is 24.0 Å². The average Bonchev–Trinajstić information content (AvgIpc) is 2.83. The van der Waals surface area contributed by atoms with Crippen LogP contribution in [0.2, 0.25) is 0 Å². The van der Waals surface area contributed by atoms with Gasteiger partial charge in [0.2, 0.25) is 0 Å². The van der Waals surface area contributed by atoms with Crippen molar-refractivity contribution in [2.24, 2.45) is 0 Å². The summed E-state index contributed by atoms with van der Waals surface area (Å²) in [6.07, 6.45) is 2.33. The van der Waals surface area contributed by atoms with E-state index in [4.69, 9.17) is 5.11 Å². The summed E-state index contributed by atoms with van der Waals surface area (Å²) in [6, 6.07) is 3.22. The van der Waals surface area contributed by atoms with Gasteiger partial charge in [-0.2, -0.15) is 11.8 Å². The first kappa shape index (κ1) is 13.7. The molecule has 0 spiro atoms. The number of rotatable bonds is 4. The molecule has 3 N–H and O–H groups in total. The van der Waals surface area contributed by atoms with Gasteiger partial charge >= 0.3 is 12.0 Å². The van der Waals surface area contributed by atoms with Crippen molar-refractivity contribution < 1.29 is 14.7 Å². The molecule has 19 heavy (non-hydrogen) atoms. The van der Waals surface area contributed by atoms with Gasteiger partial charge in [-0.3, -0.25) is 9.78 Å². The van der Waals surface area contributed by atoms with Gasteiger partial charge < -0.3 is 15.7 Å². The van der Waals surface area contributed by atoms with E-state index in [0.29, 0.717) is 11.4 Å². The Labute approximate surface area is 115 Å². The lowest BCUT2D eigenvalue weighted by molar-refractivity contribution is -0.136. The second-order valence-electron chi connectivity index (χ2n) is 4.27. The smallest absolute Gasteiger partial charge is 0.319 e. The molecule has 2 amide bonds. The first-order valence-corrected chi connectivity index (χ1v) is 7.11. The third kappa shape index (κ3) is 4.44. The first-order chi connectivity index (χ1) is 9.13. The number of carboxylic acids is 1. The van der Waals surface area contributed by atoms with Gasteiger partial charge in [-0.25, -0.2) is 4.79 Å². The van der Waals surface area contributed by atoms with Crippen LogP contribution < -0.4 is 10.6 Å². The average molecular weight is 281 g/mol. The highest BCUT2D eigenvalue weighted by Crippen LogP contribution is 2.17. The van der Waals surface area contributed by atoms with Crippen LogP contribution in [0.4, 0.5) is 10.5 Å². The summed E-state index contributed by atoms with van der Waals surface area (Å²) in [5.74, 6) is 1.10. The molecule has 1 atom stereocenters. The maximum Gasteiger partial charge on any atom is 0.319 e. The molecule has 0 bridgehead atoms. The summed E-state index contributed by atoms with van der Waals surface area (Å²) < 4.78 is 0. The molecule has 6 nitrogen and oxygen atoms in total. The van der Waals surface area contributed by atoms with Gasteiger partial charge in [-0.1, -0.05) is 0 Å². The second kappa shape index (κ2) is 6.42. The fourth-order valence-electron chi connectivity index (χ4n) is 1.76. The van der Waals surface area contributed by atoms with Crippen molar-refractivity contribution in [2.75, 3.05) is 16.8 Å². The van der Waals surface area contributed by atoms with E-state index in [1.807, 2.05) is 11.8 Å². The standard InChI is InChI=1S/C12H15N3O3S/c16-11(17)5-8-1-2-9(6-13-8)14-12(18)15-10-3-4-19-7-10/h1-2,6,10H,3-5,7H2,(H,16,17)(H2,14,15,18). The van der Waals surface area contributed by atoms with Crippen LogP contribution in [0, 0.1) is 0 Å². The number of carbonyl (C=O) groups excluding carboxylic acids is 1. The lowest BCUT2D eigenvalue weighted by atomic mass is 10.2. The molecule has 0 aromatic carbocycles. The van der Waals surface area contributed by atoms with E-state index < -0.39 is 5.97 Å². The Bertz CT molecular complexity index is 458. The molecule has 1 saturated heterocycles. The van der Waals surface area contributed by atoms with Gasteiger partial charge in [0.15, 0.2) is 0 Å². The van der Waals surface area contributed by atoms with Crippen LogP contribution in [0.3, 0.4) is 0 Å². The summed E-state index contributed by atoms with van der Waals surface area (Å²) in [6.45, 7) is 0. The Kier molecular flexibility index (Phi) is 4.62. The van der Waals surface area contributed by atoms with Crippen molar-refractivity contribution >= 4 is 29.4 Å². The van der Waals surface area contributed by atoms with Crippen molar-refractivity contribution in [2.45, 2.75) is 18.9 Å². The summed E-state index contributed by atoms with van der Waals surface area (Å²) in [5, 5.41) is 14.2. The number of nitrogens with zero attached hydrogens (tertiary/aromatic N) is 1. The fraction of sp³-hybridized carbons (Fsp3) is 0.417. The van der Waals surface area contributed by atoms with Crippen LogP contribution in [0.5, 0.6) is 0 Å². The largest absolute Gasteiger partial charge is 0.481 e. The monoisotopic (exact) mass is 281 g/mol. The molecule has 1 unspecified atom stereocenters. The highest BCUT2D eigenvalue weighted by Gasteiger charge is 2.17. The lowest BCUT2D eigenvalue weighted by Crippen LogP contribution is -2.37. The summed E-state index contributed by atoms with van der Waals surface area (Å²) >= 11 is 1.83. The third-order valence-corrected chi connectivity index (χ3v) is 3.84. The van der Waals surface area contributed by atoms with Gasteiger partial charge in [-0.05, 0) is 24.3 Å². The molecule has 1 aliphatic heterocycles. The number of nitrogens with one attached hydrogen (secondary N) is 2. The number of carbonyl (C=O) groups is 2. The molecule has 1 aromatic heterocycles. The molecule has 1 aliphatic rings. The molecule has 0 aliphatic carbocycles. The third-order valence-electron chi connectivity index (χ3n) is 2.68. The quantitative estimate of drug-likeness (QED) is 0.774. The highest BCUT2D eigenvalue weighted by molar-refractivity contribution is 7.99. The minimum Gasteiger partial charge on any atom is -0.481 e. The number of aliphatic carboxylic acids is 1. The molecule has 102 valence electrons. The number of aromatic nitrogens is 1. The minimum absolute atomic E-state index is 0.119. The number of thioether (sulfide) groups is 1. The van der Waals surface area contributed by atoms with Gasteiger partial charge in [0, 0.05) is 11.8 Å². The number of amides is 2. The van der Waals surface area contributed by atoms with Crippen LogP contribution >= 0.6 is 11.8 Å². The Morgan fingerprint density at radius 1 is 1.47 bits per heavy atom. The van der Waals surface area contributed by atoms with Crippen molar-refractivity contribution in [1.29, 1.82) is 0 Å². The van der Waals surface area contributed by atoms with E-state index in [1.54, 1.807) is 12.1 Å². The summed E-state index contributed by atoms with van der Waals surface area (Å²) in [4.78, 5) is 26.2. The van der Waals surface area contributed by atoms with Gasteiger partial charge in [0.25, 0.3) is 0 Å². The number of carboxylic acid groups (broad SMARTS) is 1. The van der Waals surface area contributed by atoms with Crippen molar-refractivity contribution in [1.82, 2.24) is 10.3 Å². The van der Waals surface area contributed by atoms with E-state index >= 15 is 0 Å². The van der Waals surface area contributed by atoms with E-state index in [1.165, 1.54) is 6.20 Å². The number of pyridine rings is 1. The van der Waals surface area contributed by atoms with Crippen LogP contribution in [-0.4, -0.2) is 39.6 Å². The zero-order valence-corrected chi connectivity index (χ0v) is 11.1. The Hall–Kier alpha value is -1.76. The normalized spacial score (nSPS) is 18.0. The SMILES string of the molecule is O=C(O)Cc1ccc(NC(=O)NC2CCSC2)cn1. The molecule has 0 radical (unpaired) electrons. The maximum atomic E-state index is 11.7. The molecular weight excluding hydrogens is 266 g/mol. The maximum absolute atomic E-state index is 11.7. The highest BCUT2D eigenvalue weighted by atomic mass is 32.2. The summed E-state index contributed by atoms with van der Waals surface area (Å²) in [5.41, 5.74) is 1.02. The molecule has 0 saturated carbocycles. The fourth-order valence-corrected chi connectivity index (χ4v) is 2.91. The lowest BCUT2D eigenvalue weighted by Gasteiger charge is -2.12. The molecule has 7 heteroatoms. The van der Waals surface area contributed by atoms with E-state index in [-0.39, 0.29) is 18.5 Å². The number of urea groups is 1. The number of hydrogen-bond acceptors (Lipinski definition) is 4. The Morgan fingerprint density at radius 2 is 2.32 bits per heavy atom. The van der Waals surface area contributed by atoms with E-state index in [2.05, 4.69) is 15.6 Å². The summed E-state index contributed by atoms with van der Waals surface area (Å²) in [7, 11) is 0. The van der Waals surface area contributed by atoms with Crippen molar-refractivity contribution in [3.63, 3.8) is 0 Å². The number of hydrogen-bond donors (Lipinski definition) is 3. The van der Waals surface area contributed by atoms with Crippen LogP contribution in [0.15, 0.2) is 18.3 Å². The van der Waals surface area contributed by atoms with E-state index in [9.17, 15) is 9.59 Å². The zero-order chi connectivity index (χ0) is 13.7. The second-order valence-corrected chi connectivity index (χ2v) is 5.42. The molecule has 2 heterocycles. The topological polar surface area (TPSA) is 91.3 Å². The zero-order valence-electron chi connectivity index (χ0n) is 10.3. The van der Waals surface area contributed by atoms with Gasteiger partial charge in [0.1, 0.15) is 0 Å². The predicted octanol–water partition coefficient (Wildman–Crippen LogP) is 1.34. The Morgan fingerprint density at radius 3 is 2.89 bits per heavy atom. The van der Waals surface area contributed by atoms with Crippen molar-refractivity contribution in [3.8, 4) is 0 Å². The molecule has 1 aromatic rings. The number of anilines is 1. The first-order valence-electron chi connectivity index (χ1n) is 5.95. The van der Waals surface area contributed by atoms with Crippen LogP contribution in [0.1, 0.15) is 12.1 Å². The van der Waals surface area contributed by atoms with Crippen LogP contribution in [0.25, 0.3) is 0 Å². The van der Waals surface area contributed by atoms with Crippen LogP contribution in [-0.2, 0) is 11.2 Å². The van der Waals surface area contributed by atoms with Gasteiger partial charge in [-0.15, -0.1) is 0 Å². The minimum atomic E-state index is -0.926. The van der Waals surface area contributed by atoms with E-state index in [0.717, 1.165) is 17.9 Å². The molecular formula is C12H15N3O3S. The molecule has 2 rings (SSSR count). The Balaban J connectivity index is 1.84. The predicted molar refractivity (Wildman–Crippen MR) is 73.5 cm³/mol. The molecule has 1 fully saturated rings.